The largest absolute Gasteiger partial charge is 0.497 e. The van der Waals surface area contributed by atoms with Crippen molar-refractivity contribution in [3.05, 3.63) is 59.9 Å². The Morgan fingerprint density at radius 3 is 2.56 bits per heavy atom. The maximum Gasteiger partial charge on any atom is 0.270 e. The van der Waals surface area contributed by atoms with Crippen LogP contribution >= 0.6 is 0 Å². The molecule has 32 heavy (non-hydrogen) atoms. The molecular formula is C24H23N3O5. The number of aliphatic hydroxyl groups is 3. The van der Waals surface area contributed by atoms with Gasteiger partial charge in [0.2, 0.25) is 0 Å². The molecule has 1 fully saturated rings. The van der Waals surface area contributed by atoms with Crippen LogP contribution in [-0.4, -0.2) is 58.2 Å². The number of hydrogen-bond donors (Lipinski definition) is 4. The number of methoxy groups -OCH3 is 1. The van der Waals surface area contributed by atoms with Gasteiger partial charge in [-0.25, -0.2) is 4.98 Å². The number of amides is 1. The lowest BCUT2D eigenvalue weighted by atomic mass is 9.95. The van der Waals surface area contributed by atoms with Crippen LogP contribution in [0.25, 0.3) is 21.9 Å². The Morgan fingerprint density at radius 2 is 1.94 bits per heavy atom. The van der Waals surface area contributed by atoms with Gasteiger partial charge in [0.25, 0.3) is 5.91 Å². The number of aromatic nitrogens is 1. The van der Waals surface area contributed by atoms with Crippen molar-refractivity contribution in [3.63, 3.8) is 0 Å². The van der Waals surface area contributed by atoms with E-state index in [0.717, 1.165) is 5.56 Å². The lowest BCUT2D eigenvalue weighted by Gasteiger charge is -2.19. The summed E-state index contributed by atoms with van der Waals surface area (Å²) in [6.45, 7) is -0.296. The van der Waals surface area contributed by atoms with Gasteiger partial charge >= 0.3 is 0 Å². The smallest absolute Gasteiger partial charge is 0.270 e. The predicted octanol–water partition coefficient (Wildman–Crippen LogP) is 1.61. The van der Waals surface area contributed by atoms with Crippen molar-refractivity contribution in [1.82, 2.24) is 10.3 Å². The number of benzene rings is 2. The first-order valence-electron chi connectivity index (χ1n) is 10.2. The molecule has 0 aliphatic heterocycles. The molecule has 164 valence electrons. The minimum atomic E-state index is -1.21. The number of carbonyl (C=O) groups is 1. The van der Waals surface area contributed by atoms with E-state index >= 15 is 0 Å². The number of aliphatic hydroxyl groups excluding tert-OH is 3. The van der Waals surface area contributed by atoms with Crippen molar-refractivity contribution in [2.45, 2.75) is 24.7 Å². The molecule has 1 saturated carbocycles. The summed E-state index contributed by atoms with van der Waals surface area (Å²) >= 11 is 0. The lowest BCUT2D eigenvalue weighted by Crippen LogP contribution is -2.43. The predicted molar refractivity (Wildman–Crippen MR) is 117 cm³/mol. The number of rotatable bonds is 5. The fourth-order valence-corrected chi connectivity index (χ4v) is 4.26. The average Bonchev–Trinajstić information content (AvgIpc) is 3.10. The van der Waals surface area contributed by atoms with Crippen LogP contribution in [0.5, 0.6) is 5.75 Å². The number of fused-ring (bicyclic) bond motifs is 1. The zero-order valence-electron chi connectivity index (χ0n) is 17.4. The SMILES string of the molecule is COc1ccc2c(C(=O)NC3CC(CO)C(O)C3O)nc(C#N)c(-c3ccccc3)c2c1. The molecule has 4 atom stereocenters. The molecule has 1 aliphatic rings. The van der Waals surface area contributed by atoms with Gasteiger partial charge in [-0.15, -0.1) is 0 Å². The quantitative estimate of drug-likeness (QED) is 0.480. The van der Waals surface area contributed by atoms with E-state index in [0.29, 0.717) is 22.1 Å². The number of nitriles is 1. The standard InChI is InChI=1S/C24H23N3O5/c1-32-15-7-8-16-17(10-15)20(13-5-3-2-4-6-13)19(11-25)26-21(16)24(31)27-18-9-14(12-28)22(29)23(18)30/h2-8,10,14,18,22-23,28-30H,9,12H2,1H3,(H,27,31). The van der Waals surface area contributed by atoms with E-state index in [2.05, 4.69) is 16.4 Å². The molecule has 1 aliphatic carbocycles. The van der Waals surface area contributed by atoms with E-state index in [4.69, 9.17) is 4.74 Å². The molecule has 8 nitrogen and oxygen atoms in total. The minimum absolute atomic E-state index is 0.0352. The highest BCUT2D eigenvalue weighted by atomic mass is 16.5. The summed E-state index contributed by atoms with van der Waals surface area (Å²) < 4.78 is 5.36. The Morgan fingerprint density at radius 1 is 1.19 bits per heavy atom. The van der Waals surface area contributed by atoms with Gasteiger partial charge in [-0.3, -0.25) is 4.79 Å². The Bertz CT molecular complexity index is 1190. The molecule has 0 radical (unpaired) electrons. The molecule has 1 heterocycles. The Kier molecular flexibility index (Phi) is 6.06. The number of ether oxygens (including phenoxy) is 1. The third-order valence-electron chi connectivity index (χ3n) is 5.95. The number of pyridine rings is 1. The van der Waals surface area contributed by atoms with Crippen molar-refractivity contribution in [3.8, 4) is 22.9 Å². The van der Waals surface area contributed by atoms with E-state index in [1.807, 2.05) is 30.3 Å². The van der Waals surface area contributed by atoms with E-state index in [1.165, 1.54) is 7.11 Å². The highest BCUT2D eigenvalue weighted by Gasteiger charge is 2.42. The summed E-state index contributed by atoms with van der Waals surface area (Å²) in [5.74, 6) is -0.540. The van der Waals surface area contributed by atoms with E-state index in [-0.39, 0.29) is 24.4 Å². The fraction of sp³-hybridized carbons (Fsp3) is 0.292. The Balaban J connectivity index is 1.83. The summed E-state index contributed by atoms with van der Waals surface area (Å²) in [6, 6.07) is 15.8. The van der Waals surface area contributed by atoms with E-state index < -0.39 is 30.1 Å². The summed E-state index contributed by atoms with van der Waals surface area (Å²) in [4.78, 5) is 17.5. The van der Waals surface area contributed by atoms with E-state index in [1.54, 1.807) is 18.2 Å². The van der Waals surface area contributed by atoms with Crippen molar-refractivity contribution in [1.29, 1.82) is 5.26 Å². The summed E-state index contributed by atoms with van der Waals surface area (Å²) in [7, 11) is 1.54. The molecule has 1 aromatic heterocycles. The third-order valence-corrected chi connectivity index (χ3v) is 5.95. The monoisotopic (exact) mass is 433 g/mol. The molecular weight excluding hydrogens is 410 g/mol. The number of nitrogens with zero attached hydrogens (tertiary/aromatic N) is 2. The van der Waals surface area contributed by atoms with Crippen molar-refractivity contribution in [2.24, 2.45) is 5.92 Å². The second kappa shape index (κ2) is 8.93. The maximum absolute atomic E-state index is 13.2. The second-order valence-corrected chi connectivity index (χ2v) is 7.81. The van der Waals surface area contributed by atoms with Crippen LogP contribution in [-0.2, 0) is 0 Å². The molecule has 3 aromatic rings. The van der Waals surface area contributed by atoms with Crippen molar-refractivity contribution in [2.75, 3.05) is 13.7 Å². The summed E-state index contributed by atoms with van der Waals surface area (Å²) in [5, 5.41) is 43.4. The Labute approximate surface area is 184 Å². The van der Waals surface area contributed by atoms with Gasteiger partial charge in [-0.2, -0.15) is 5.26 Å². The lowest BCUT2D eigenvalue weighted by molar-refractivity contribution is 0.000124. The van der Waals surface area contributed by atoms with Crippen LogP contribution in [0.15, 0.2) is 48.5 Å². The van der Waals surface area contributed by atoms with Crippen molar-refractivity contribution < 1.29 is 24.9 Å². The van der Waals surface area contributed by atoms with Crippen LogP contribution in [0.1, 0.15) is 22.6 Å². The Hall–Kier alpha value is -3.51. The highest BCUT2D eigenvalue weighted by molar-refractivity contribution is 6.10. The number of hydrogen-bond acceptors (Lipinski definition) is 7. The molecule has 4 unspecified atom stereocenters. The first kappa shape index (κ1) is 21.7. The fourth-order valence-electron chi connectivity index (χ4n) is 4.26. The van der Waals surface area contributed by atoms with Gasteiger partial charge in [0, 0.05) is 23.5 Å². The maximum atomic E-state index is 13.2. The van der Waals surface area contributed by atoms with Crippen molar-refractivity contribution >= 4 is 16.7 Å². The molecule has 4 N–H and O–H groups in total. The molecule has 8 heteroatoms. The summed E-state index contributed by atoms with van der Waals surface area (Å²) in [6.07, 6.45) is -2.11. The van der Waals surface area contributed by atoms with Gasteiger partial charge in [0.1, 0.15) is 29.3 Å². The molecule has 0 spiro atoms. The number of nitrogens with one attached hydrogen (secondary N) is 1. The first-order valence-corrected chi connectivity index (χ1v) is 10.2. The van der Waals surface area contributed by atoms with Crippen LogP contribution in [0, 0.1) is 17.2 Å². The van der Waals surface area contributed by atoms with Gasteiger partial charge < -0.3 is 25.4 Å². The number of carbonyl (C=O) groups excluding carboxylic acids is 1. The molecule has 2 aromatic carbocycles. The third kappa shape index (κ3) is 3.78. The zero-order valence-corrected chi connectivity index (χ0v) is 17.4. The molecule has 0 saturated heterocycles. The van der Waals surface area contributed by atoms with Gasteiger partial charge in [-0.1, -0.05) is 30.3 Å². The first-order chi connectivity index (χ1) is 15.5. The molecule has 4 rings (SSSR count). The second-order valence-electron chi connectivity index (χ2n) is 7.81. The molecule has 1 amide bonds. The average molecular weight is 433 g/mol. The van der Waals surface area contributed by atoms with Gasteiger partial charge in [0.15, 0.2) is 0 Å². The highest BCUT2D eigenvalue weighted by Crippen LogP contribution is 2.35. The van der Waals surface area contributed by atoms with Gasteiger partial charge in [-0.05, 0) is 35.6 Å². The molecule has 0 bridgehead atoms. The van der Waals surface area contributed by atoms with Crippen LogP contribution in [0.4, 0.5) is 0 Å². The van der Waals surface area contributed by atoms with Gasteiger partial charge in [0.05, 0.1) is 19.3 Å². The van der Waals surface area contributed by atoms with Crippen LogP contribution in [0.2, 0.25) is 0 Å². The van der Waals surface area contributed by atoms with Crippen LogP contribution < -0.4 is 10.1 Å². The van der Waals surface area contributed by atoms with E-state index in [9.17, 15) is 25.4 Å². The van der Waals surface area contributed by atoms with Crippen LogP contribution in [0.3, 0.4) is 0 Å². The normalized spacial score (nSPS) is 22.5. The minimum Gasteiger partial charge on any atom is -0.497 e. The zero-order chi connectivity index (χ0) is 22.8. The summed E-state index contributed by atoms with van der Waals surface area (Å²) in [5.41, 5.74) is 1.49. The topological polar surface area (TPSA) is 136 Å².